The molecule has 0 spiro atoms. The second-order valence-electron chi connectivity index (χ2n) is 6.86. The zero-order valence-electron chi connectivity index (χ0n) is 15.1. The number of halogens is 2. The van der Waals surface area contributed by atoms with E-state index in [9.17, 15) is 8.42 Å². The van der Waals surface area contributed by atoms with Crippen LogP contribution in [0.3, 0.4) is 0 Å². The first-order valence-electron chi connectivity index (χ1n) is 9.19. The number of nitrogens with zero attached hydrogens (tertiary/aromatic N) is 1. The van der Waals surface area contributed by atoms with Crippen LogP contribution >= 0.6 is 23.2 Å². The van der Waals surface area contributed by atoms with Gasteiger partial charge in [-0.1, -0.05) is 53.9 Å². The van der Waals surface area contributed by atoms with Gasteiger partial charge < -0.3 is 0 Å². The van der Waals surface area contributed by atoms with Crippen molar-refractivity contribution in [1.29, 1.82) is 0 Å². The van der Waals surface area contributed by atoms with E-state index in [2.05, 4.69) is 33.9 Å². The summed E-state index contributed by atoms with van der Waals surface area (Å²) in [7, 11) is -3.58. The van der Waals surface area contributed by atoms with Gasteiger partial charge >= 0.3 is 0 Å². The van der Waals surface area contributed by atoms with E-state index in [-0.39, 0.29) is 4.90 Å². The molecule has 1 heterocycles. The molecule has 1 aliphatic heterocycles. The largest absolute Gasteiger partial charge is 0.299 e. The van der Waals surface area contributed by atoms with Crippen molar-refractivity contribution in [1.82, 2.24) is 9.62 Å². The van der Waals surface area contributed by atoms with Gasteiger partial charge in [0.15, 0.2) is 0 Å². The topological polar surface area (TPSA) is 49.4 Å². The molecule has 0 radical (unpaired) electrons. The number of unbranched alkanes of at least 4 members (excludes halogenated alkanes) is 2. The maximum absolute atomic E-state index is 12.3. The molecule has 2 aromatic carbocycles. The van der Waals surface area contributed by atoms with Crippen LogP contribution in [0.2, 0.25) is 10.0 Å². The molecule has 0 atom stereocenters. The van der Waals surface area contributed by atoms with Crippen LogP contribution in [0, 0.1) is 0 Å². The molecule has 0 fully saturated rings. The second kappa shape index (κ2) is 9.39. The smallest absolute Gasteiger partial charge is 0.240 e. The Hall–Kier alpha value is -1.11. The van der Waals surface area contributed by atoms with Crippen LogP contribution in [0.25, 0.3) is 0 Å². The monoisotopic (exact) mass is 426 g/mol. The molecule has 4 nitrogen and oxygen atoms in total. The van der Waals surface area contributed by atoms with Crippen molar-refractivity contribution in [3.8, 4) is 0 Å². The maximum Gasteiger partial charge on any atom is 0.240 e. The molecule has 2 aromatic rings. The summed E-state index contributed by atoms with van der Waals surface area (Å²) in [5.41, 5.74) is 2.89. The van der Waals surface area contributed by atoms with Crippen molar-refractivity contribution in [3.05, 3.63) is 63.6 Å². The summed E-state index contributed by atoms with van der Waals surface area (Å²) in [6.45, 7) is 3.57. The lowest BCUT2D eigenvalue weighted by Crippen LogP contribution is -2.31. The van der Waals surface area contributed by atoms with Gasteiger partial charge in [-0.15, -0.1) is 0 Å². The van der Waals surface area contributed by atoms with Crippen LogP contribution in [-0.2, 0) is 23.0 Å². The first-order chi connectivity index (χ1) is 12.9. The van der Waals surface area contributed by atoms with Crippen LogP contribution in [0.4, 0.5) is 0 Å². The van der Waals surface area contributed by atoms with E-state index in [4.69, 9.17) is 23.2 Å². The minimum atomic E-state index is -3.58. The number of hydrogen-bond donors (Lipinski definition) is 1. The van der Waals surface area contributed by atoms with Crippen LogP contribution in [-0.4, -0.2) is 33.0 Å². The molecule has 7 heteroatoms. The predicted molar refractivity (Wildman–Crippen MR) is 111 cm³/mol. The van der Waals surface area contributed by atoms with Gasteiger partial charge in [-0.25, -0.2) is 13.1 Å². The Balaban J connectivity index is 1.37. The van der Waals surface area contributed by atoms with Gasteiger partial charge in [-0.05, 0) is 55.1 Å². The highest BCUT2D eigenvalue weighted by atomic mass is 35.5. The molecule has 3 rings (SSSR count). The average Bonchev–Trinajstić information content (AvgIpc) is 2.63. The molecular weight excluding hydrogens is 403 g/mol. The molecule has 27 heavy (non-hydrogen) atoms. The summed E-state index contributed by atoms with van der Waals surface area (Å²) in [6.07, 6.45) is 3.96. The molecule has 0 bridgehead atoms. The van der Waals surface area contributed by atoms with Gasteiger partial charge in [-0.2, -0.15) is 0 Å². The van der Waals surface area contributed by atoms with E-state index in [0.29, 0.717) is 16.6 Å². The lowest BCUT2D eigenvalue weighted by molar-refractivity contribution is 0.248. The summed E-state index contributed by atoms with van der Waals surface area (Å²) in [5, 5.41) is 0.622. The summed E-state index contributed by atoms with van der Waals surface area (Å²) < 4.78 is 27.2. The quantitative estimate of drug-likeness (QED) is 0.631. The van der Waals surface area contributed by atoms with Crippen molar-refractivity contribution < 1.29 is 8.42 Å². The molecular formula is C20H24Cl2N2O2S. The van der Waals surface area contributed by atoms with Crippen LogP contribution in [0.5, 0.6) is 0 Å². The lowest BCUT2D eigenvalue weighted by Gasteiger charge is -2.28. The Bertz CT molecular complexity index is 867. The third-order valence-corrected chi connectivity index (χ3v) is 6.68. The molecule has 0 saturated heterocycles. The van der Waals surface area contributed by atoms with Crippen molar-refractivity contribution in [2.45, 2.75) is 37.1 Å². The number of hydrogen-bond acceptors (Lipinski definition) is 3. The SMILES string of the molecule is O=S(=O)(NCCCCCN1CCc2ccccc2C1)c1cc(Cl)cc(Cl)c1. The minimum Gasteiger partial charge on any atom is -0.299 e. The van der Waals surface area contributed by atoms with Gasteiger partial charge in [0.1, 0.15) is 0 Å². The molecule has 146 valence electrons. The molecule has 0 aliphatic carbocycles. The normalized spacial score (nSPS) is 14.9. The third kappa shape index (κ3) is 5.93. The minimum absolute atomic E-state index is 0.104. The molecule has 1 aliphatic rings. The standard InChI is InChI=1S/C20H24Cl2N2O2S/c21-18-12-19(22)14-20(13-18)27(25,26)23-9-4-1-5-10-24-11-8-16-6-2-3-7-17(16)15-24/h2-3,6-7,12-14,23H,1,4-5,8-11,15H2. The molecule has 0 saturated carbocycles. The van der Waals surface area contributed by atoms with Gasteiger partial charge in [-0.3, -0.25) is 4.90 Å². The van der Waals surface area contributed by atoms with Crippen LogP contribution in [0.1, 0.15) is 30.4 Å². The van der Waals surface area contributed by atoms with E-state index in [1.165, 1.54) is 29.3 Å². The average molecular weight is 427 g/mol. The first kappa shape index (κ1) is 20.6. The number of nitrogens with one attached hydrogen (secondary N) is 1. The highest BCUT2D eigenvalue weighted by Gasteiger charge is 2.16. The Labute approximate surface area is 171 Å². The summed E-state index contributed by atoms with van der Waals surface area (Å²) in [6, 6.07) is 13.0. The summed E-state index contributed by atoms with van der Waals surface area (Å²) in [5.74, 6) is 0. The number of benzene rings is 2. The molecule has 1 N–H and O–H groups in total. The van der Waals surface area contributed by atoms with E-state index in [1.807, 2.05) is 0 Å². The second-order valence-corrected chi connectivity index (χ2v) is 9.50. The Kier molecular flexibility index (Phi) is 7.17. The van der Waals surface area contributed by atoms with Gasteiger partial charge in [0, 0.05) is 29.7 Å². The van der Waals surface area contributed by atoms with E-state index < -0.39 is 10.0 Å². The summed E-state index contributed by atoms with van der Waals surface area (Å²) >= 11 is 11.8. The van der Waals surface area contributed by atoms with Crippen molar-refractivity contribution in [2.75, 3.05) is 19.6 Å². The van der Waals surface area contributed by atoms with Gasteiger partial charge in [0.2, 0.25) is 10.0 Å². The maximum atomic E-state index is 12.3. The highest BCUT2D eigenvalue weighted by Crippen LogP contribution is 2.22. The molecule has 0 unspecified atom stereocenters. The Morgan fingerprint density at radius 3 is 2.41 bits per heavy atom. The van der Waals surface area contributed by atoms with Crippen molar-refractivity contribution in [2.24, 2.45) is 0 Å². The lowest BCUT2D eigenvalue weighted by atomic mass is 10.00. The Morgan fingerprint density at radius 2 is 1.67 bits per heavy atom. The Morgan fingerprint density at radius 1 is 0.963 bits per heavy atom. The van der Waals surface area contributed by atoms with Crippen molar-refractivity contribution >= 4 is 33.2 Å². The third-order valence-electron chi connectivity index (χ3n) is 4.80. The number of fused-ring (bicyclic) bond motifs is 1. The summed E-state index contributed by atoms with van der Waals surface area (Å²) in [4.78, 5) is 2.58. The predicted octanol–water partition coefficient (Wildman–Crippen LogP) is 4.50. The number of rotatable bonds is 8. The zero-order valence-corrected chi connectivity index (χ0v) is 17.5. The highest BCUT2D eigenvalue weighted by molar-refractivity contribution is 7.89. The van der Waals surface area contributed by atoms with E-state index in [0.717, 1.165) is 45.3 Å². The first-order valence-corrected chi connectivity index (χ1v) is 11.4. The van der Waals surface area contributed by atoms with E-state index in [1.54, 1.807) is 0 Å². The van der Waals surface area contributed by atoms with Gasteiger partial charge in [0.05, 0.1) is 4.90 Å². The van der Waals surface area contributed by atoms with Crippen LogP contribution < -0.4 is 4.72 Å². The van der Waals surface area contributed by atoms with E-state index >= 15 is 0 Å². The number of sulfonamides is 1. The van der Waals surface area contributed by atoms with Crippen molar-refractivity contribution in [3.63, 3.8) is 0 Å². The fourth-order valence-corrected chi connectivity index (χ4v) is 5.16. The zero-order chi connectivity index (χ0) is 19.3. The fourth-order valence-electron chi connectivity index (χ4n) is 3.36. The molecule has 0 aromatic heterocycles. The van der Waals surface area contributed by atoms with Crippen LogP contribution in [0.15, 0.2) is 47.4 Å². The van der Waals surface area contributed by atoms with Gasteiger partial charge in [0.25, 0.3) is 0 Å². The fraction of sp³-hybridized carbons (Fsp3) is 0.400. The molecule has 0 amide bonds.